The molecule has 0 atom stereocenters. The van der Waals surface area contributed by atoms with Crippen molar-refractivity contribution in [3.05, 3.63) is 23.5 Å². The summed E-state index contributed by atoms with van der Waals surface area (Å²) in [6, 6.07) is 2.98. The number of nitrogens with one attached hydrogen (secondary N) is 1. The van der Waals surface area contributed by atoms with Crippen LogP contribution in [0.25, 0.3) is 0 Å². The molecule has 2 aliphatic rings. The quantitative estimate of drug-likeness (QED) is 0.667. The van der Waals surface area contributed by atoms with Crippen LogP contribution in [0.15, 0.2) is 18.3 Å². The molecule has 2 heterocycles. The van der Waals surface area contributed by atoms with Crippen LogP contribution in [0.5, 0.6) is 0 Å². The van der Waals surface area contributed by atoms with Crippen molar-refractivity contribution in [3.63, 3.8) is 0 Å². The smallest absolute Gasteiger partial charge is 0.322 e. The van der Waals surface area contributed by atoms with E-state index in [0.717, 1.165) is 17.7 Å². The minimum atomic E-state index is -0.482. The Kier molecular flexibility index (Phi) is 3.50. The first-order valence-electron chi connectivity index (χ1n) is 6.57. The number of anilines is 1. The molecule has 3 rings (SSSR count). The second kappa shape index (κ2) is 5.33. The minimum absolute atomic E-state index is 0.0599. The summed E-state index contributed by atoms with van der Waals surface area (Å²) in [6.45, 7) is -0.253. The van der Waals surface area contributed by atoms with Gasteiger partial charge in [-0.2, -0.15) is 0 Å². The van der Waals surface area contributed by atoms with Gasteiger partial charge in [-0.15, -0.1) is 0 Å². The fraction of sp³-hybridized carbons (Fsp3) is 0.385. The second-order valence-corrected chi connectivity index (χ2v) is 5.37. The van der Waals surface area contributed by atoms with Crippen LogP contribution in [0.4, 0.5) is 10.5 Å². The van der Waals surface area contributed by atoms with Crippen molar-refractivity contribution in [2.75, 3.05) is 18.4 Å². The van der Waals surface area contributed by atoms with E-state index < -0.39 is 11.9 Å². The maximum atomic E-state index is 12.1. The van der Waals surface area contributed by atoms with Crippen LogP contribution < -0.4 is 5.32 Å². The van der Waals surface area contributed by atoms with Gasteiger partial charge < -0.3 is 10.2 Å². The van der Waals surface area contributed by atoms with Gasteiger partial charge in [-0.3, -0.25) is 14.5 Å². The molecule has 110 valence electrons. The third-order valence-electron chi connectivity index (χ3n) is 3.41. The van der Waals surface area contributed by atoms with Crippen LogP contribution >= 0.6 is 11.6 Å². The highest BCUT2D eigenvalue weighted by molar-refractivity contribution is 6.32. The number of carbonyl (C=O) groups is 3. The van der Waals surface area contributed by atoms with Gasteiger partial charge in [0.1, 0.15) is 13.1 Å². The monoisotopic (exact) mass is 308 g/mol. The molecule has 0 unspecified atom stereocenters. The van der Waals surface area contributed by atoms with Crippen LogP contribution in [-0.2, 0) is 9.59 Å². The fourth-order valence-corrected chi connectivity index (χ4v) is 2.37. The lowest BCUT2D eigenvalue weighted by Crippen LogP contribution is -2.39. The van der Waals surface area contributed by atoms with E-state index in [0.29, 0.717) is 5.69 Å². The SMILES string of the molecule is O=C(CN1C(=O)CN(C2CC2)C1=O)Nc1cccnc1Cl. The lowest BCUT2D eigenvalue weighted by molar-refractivity contribution is -0.129. The molecule has 0 radical (unpaired) electrons. The van der Waals surface area contributed by atoms with E-state index in [9.17, 15) is 14.4 Å². The van der Waals surface area contributed by atoms with Crippen LogP contribution in [0.2, 0.25) is 5.15 Å². The van der Waals surface area contributed by atoms with Crippen LogP contribution in [-0.4, -0.2) is 51.8 Å². The molecule has 1 saturated heterocycles. The molecule has 1 aromatic rings. The van der Waals surface area contributed by atoms with Gasteiger partial charge in [-0.25, -0.2) is 9.78 Å². The number of rotatable bonds is 4. The minimum Gasteiger partial charge on any atom is -0.322 e. The third kappa shape index (κ3) is 2.82. The second-order valence-electron chi connectivity index (χ2n) is 5.01. The zero-order valence-electron chi connectivity index (χ0n) is 11.1. The highest BCUT2D eigenvalue weighted by Crippen LogP contribution is 2.30. The maximum Gasteiger partial charge on any atom is 0.327 e. The number of hydrogen-bond acceptors (Lipinski definition) is 4. The summed E-state index contributed by atoms with van der Waals surface area (Å²) in [7, 11) is 0. The third-order valence-corrected chi connectivity index (χ3v) is 3.71. The largest absolute Gasteiger partial charge is 0.327 e. The Morgan fingerprint density at radius 3 is 2.86 bits per heavy atom. The molecule has 1 aromatic heterocycles. The Bertz CT molecular complexity index is 617. The van der Waals surface area contributed by atoms with Crippen molar-refractivity contribution in [3.8, 4) is 0 Å². The number of carbonyl (C=O) groups excluding carboxylic acids is 3. The van der Waals surface area contributed by atoms with E-state index in [1.54, 1.807) is 12.1 Å². The molecule has 4 amide bonds. The molecule has 2 fully saturated rings. The van der Waals surface area contributed by atoms with Crippen molar-refractivity contribution >= 4 is 35.1 Å². The Morgan fingerprint density at radius 1 is 1.43 bits per heavy atom. The summed E-state index contributed by atoms with van der Waals surface area (Å²) in [6.07, 6.45) is 3.34. The van der Waals surface area contributed by atoms with Gasteiger partial charge in [0.25, 0.3) is 5.91 Å². The standard InChI is InChI=1S/C13H13ClN4O3/c14-12-9(2-1-5-15-12)16-10(19)6-18-11(20)7-17(13(18)21)8-3-4-8/h1-2,5,8H,3-4,6-7H2,(H,16,19). The Hall–Kier alpha value is -2.15. The molecule has 21 heavy (non-hydrogen) atoms. The average molecular weight is 309 g/mol. The van der Waals surface area contributed by atoms with Gasteiger partial charge in [-0.1, -0.05) is 11.6 Å². The molecule has 1 N–H and O–H groups in total. The van der Waals surface area contributed by atoms with Crippen molar-refractivity contribution < 1.29 is 14.4 Å². The fourth-order valence-electron chi connectivity index (χ4n) is 2.20. The predicted molar refractivity (Wildman–Crippen MR) is 74.7 cm³/mol. The Morgan fingerprint density at radius 2 is 2.19 bits per heavy atom. The van der Waals surface area contributed by atoms with Gasteiger partial charge in [-0.05, 0) is 25.0 Å². The molecule has 8 heteroatoms. The van der Waals surface area contributed by atoms with Crippen LogP contribution in [0.1, 0.15) is 12.8 Å². The van der Waals surface area contributed by atoms with Crippen LogP contribution in [0.3, 0.4) is 0 Å². The molecule has 0 spiro atoms. The van der Waals surface area contributed by atoms with E-state index in [2.05, 4.69) is 10.3 Å². The van der Waals surface area contributed by atoms with Crippen molar-refractivity contribution in [2.45, 2.75) is 18.9 Å². The van der Waals surface area contributed by atoms with Crippen LogP contribution in [0, 0.1) is 0 Å². The zero-order valence-corrected chi connectivity index (χ0v) is 11.8. The molecule has 0 bridgehead atoms. The van der Waals surface area contributed by atoms with E-state index in [1.807, 2.05) is 0 Å². The number of imide groups is 1. The number of nitrogens with zero attached hydrogens (tertiary/aromatic N) is 3. The number of aromatic nitrogens is 1. The van der Waals surface area contributed by atoms with Crippen molar-refractivity contribution in [1.82, 2.24) is 14.8 Å². The number of amides is 4. The van der Waals surface area contributed by atoms with Gasteiger partial charge in [0.05, 0.1) is 5.69 Å². The topological polar surface area (TPSA) is 82.6 Å². The summed E-state index contributed by atoms with van der Waals surface area (Å²) in [4.78, 5) is 42.2. The van der Waals surface area contributed by atoms with Gasteiger partial charge >= 0.3 is 6.03 Å². The lowest BCUT2D eigenvalue weighted by Gasteiger charge is -2.16. The van der Waals surface area contributed by atoms with E-state index in [-0.39, 0.29) is 30.2 Å². The summed E-state index contributed by atoms with van der Waals surface area (Å²) in [5, 5.41) is 2.70. The Labute approximate surface area is 125 Å². The van der Waals surface area contributed by atoms with E-state index in [1.165, 1.54) is 11.1 Å². The molecule has 7 nitrogen and oxygen atoms in total. The maximum absolute atomic E-state index is 12.1. The number of pyridine rings is 1. The van der Waals surface area contributed by atoms with E-state index in [4.69, 9.17) is 11.6 Å². The molecule has 1 saturated carbocycles. The highest BCUT2D eigenvalue weighted by atomic mass is 35.5. The Balaban J connectivity index is 1.63. The highest BCUT2D eigenvalue weighted by Gasteiger charge is 2.44. The first-order valence-corrected chi connectivity index (χ1v) is 6.95. The van der Waals surface area contributed by atoms with Crippen molar-refractivity contribution in [1.29, 1.82) is 0 Å². The summed E-state index contributed by atoms with van der Waals surface area (Å²) < 4.78 is 0. The normalized spacial score (nSPS) is 18.3. The zero-order chi connectivity index (χ0) is 15.0. The number of urea groups is 1. The molecule has 1 aliphatic carbocycles. The van der Waals surface area contributed by atoms with E-state index >= 15 is 0 Å². The summed E-state index contributed by atoms with van der Waals surface area (Å²) in [5.41, 5.74) is 0.349. The van der Waals surface area contributed by atoms with Crippen molar-refractivity contribution in [2.24, 2.45) is 0 Å². The number of hydrogen-bond donors (Lipinski definition) is 1. The molecule has 1 aliphatic heterocycles. The molecular formula is C13H13ClN4O3. The lowest BCUT2D eigenvalue weighted by atomic mass is 10.4. The van der Waals surface area contributed by atoms with Gasteiger partial charge in [0, 0.05) is 12.2 Å². The number of halogens is 1. The molecule has 0 aromatic carbocycles. The summed E-state index contributed by atoms with van der Waals surface area (Å²) >= 11 is 5.83. The van der Waals surface area contributed by atoms with Gasteiger partial charge in [0.15, 0.2) is 5.15 Å². The summed E-state index contributed by atoms with van der Waals surface area (Å²) in [5.74, 6) is -0.830. The first-order chi connectivity index (χ1) is 10.1. The predicted octanol–water partition coefficient (Wildman–Crippen LogP) is 1.10. The first kappa shape index (κ1) is 13.8. The molecular weight excluding hydrogens is 296 g/mol. The van der Waals surface area contributed by atoms with Gasteiger partial charge in [0.2, 0.25) is 5.91 Å². The average Bonchev–Trinajstić information content (AvgIpc) is 3.24.